The second kappa shape index (κ2) is 6.58. The minimum Gasteiger partial charge on any atom is -0.493 e. The maximum Gasteiger partial charge on any atom is 0.293 e. The first-order valence-corrected chi connectivity index (χ1v) is 6.15. The second-order valence-electron chi connectivity index (χ2n) is 4.19. The van der Waals surface area contributed by atoms with Crippen LogP contribution in [0.2, 0.25) is 0 Å². The number of nitrogens with zero attached hydrogens (tertiary/aromatic N) is 1. The van der Waals surface area contributed by atoms with E-state index in [0.717, 1.165) is 5.56 Å². The van der Waals surface area contributed by atoms with Gasteiger partial charge in [-0.3, -0.25) is 16.0 Å². The average Bonchev–Trinajstić information content (AvgIpc) is 2.52. The predicted molar refractivity (Wildman–Crippen MR) is 78.2 cm³/mol. The normalized spacial score (nSPS) is 10.0. The number of nitro benzene ring substituents is 1. The molecule has 2 rings (SSSR count). The molecule has 0 unspecified atom stereocenters. The van der Waals surface area contributed by atoms with Gasteiger partial charge in [0.05, 0.1) is 12.0 Å². The summed E-state index contributed by atoms with van der Waals surface area (Å²) < 4.78 is 10.8. The molecule has 0 amide bonds. The highest BCUT2D eigenvalue weighted by molar-refractivity contribution is 5.62. The Morgan fingerprint density at radius 2 is 1.95 bits per heavy atom. The highest BCUT2D eigenvalue weighted by Crippen LogP contribution is 2.28. The number of nitro groups is 1. The topological polar surface area (TPSA) is 99.6 Å². The summed E-state index contributed by atoms with van der Waals surface area (Å²) in [5.74, 6) is 6.51. The zero-order valence-electron chi connectivity index (χ0n) is 11.4. The maximum atomic E-state index is 10.8. The van der Waals surface area contributed by atoms with Crippen molar-refractivity contribution in [2.45, 2.75) is 6.61 Å². The number of benzene rings is 2. The van der Waals surface area contributed by atoms with Gasteiger partial charge in [0.1, 0.15) is 12.3 Å². The summed E-state index contributed by atoms with van der Waals surface area (Å²) in [6.07, 6.45) is 0. The summed E-state index contributed by atoms with van der Waals surface area (Å²) in [5.41, 5.74) is 3.22. The molecule has 110 valence electrons. The van der Waals surface area contributed by atoms with Gasteiger partial charge in [0.25, 0.3) is 5.69 Å². The number of hydrogen-bond acceptors (Lipinski definition) is 6. The molecule has 2 aromatic carbocycles. The van der Waals surface area contributed by atoms with Crippen LogP contribution in [0.25, 0.3) is 0 Å². The summed E-state index contributed by atoms with van der Waals surface area (Å²) in [6, 6.07) is 11.8. The Morgan fingerprint density at radius 3 is 2.57 bits per heavy atom. The largest absolute Gasteiger partial charge is 0.493 e. The highest BCUT2D eigenvalue weighted by Gasteiger charge is 2.13. The molecule has 0 bridgehead atoms. The summed E-state index contributed by atoms with van der Waals surface area (Å²) in [4.78, 5) is 10.3. The van der Waals surface area contributed by atoms with E-state index in [1.807, 2.05) is 12.1 Å². The quantitative estimate of drug-likeness (QED) is 0.481. The molecule has 7 heteroatoms. The number of nitrogens with one attached hydrogen (secondary N) is 1. The smallest absolute Gasteiger partial charge is 0.293 e. The Labute approximate surface area is 121 Å². The van der Waals surface area contributed by atoms with E-state index in [9.17, 15) is 10.1 Å². The maximum absolute atomic E-state index is 10.8. The third kappa shape index (κ3) is 3.40. The minimum absolute atomic E-state index is 0.0847. The number of ether oxygens (including phenoxy) is 2. The number of para-hydroxylation sites is 2. The molecule has 2 aromatic rings. The zero-order valence-corrected chi connectivity index (χ0v) is 11.4. The molecule has 0 aliphatic heterocycles. The first-order chi connectivity index (χ1) is 10.2. The average molecular weight is 289 g/mol. The van der Waals surface area contributed by atoms with Crippen molar-refractivity contribution in [3.05, 3.63) is 58.1 Å². The molecular formula is C14H15N3O4. The van der Waals surface area contributed by atoms with Crippen LogP contribution in [0.15, 0.2) is 42.5 Å². The number of hydrazine groups is 1. The molecule has 0 spiro atoms. The number of rotatable bonds is 6. The van der Waals surface area contributed by atoms with Gasteiger partial charge in [-0.05, 0) is 29.8 Å². The summed E-state index contributed by atoms with van der Waals surface area (Å²) in [5, 5.41) is 10.8. The second-order valence-corrected chi connectivity index (χ2v) is 4.19. The lowest BCUT2D eigenvalue weighted by Crippen LogP contribution is -2.10. The van der Waals surface area contributed by atoms with Crippen LogP contribution in [-0.4, -0.2) is 12.0 Å². The summed E-state index contributed by atoms with van der Waals surface area (Å²) >= 11 is 0. The molecule has 0 heterocycles. The molecular weight excluding hydrogens is 274 g/mol. The van der Waals surface area contributed by atoms with E-state index in [4.69, 9.17) is 15.3 Å². The van der Waals surface area contributed by atoms with Crippen LogP contribution in [0.1, 0.15) is 5.56 Å². The van der Waals surface area contributed by atoms with E-state index < -0.39 is 4.92 Å². The molecule has 0 aliphatic rings. The number of nitrogens with two attached hydrogens (primary N) is 1. The predicted octanol–water partition coefficient (Wildman–Crippen LogP) is 2.47. The fourth-order valence-electron chi connectivity index (χ4n) is 1.85. The lowest BCUT2D eigenvalue weighted by Gasteiger charge is -2.11. The molecule has 0 aliphatic carbocycles. The van der Waals surface area contributed by atoms with Crippen molar-refractivity contribution in [3.8, 4) is 11.5 Å². The summed E-state index contributed by atoms with van der Waals surface area (Å²) in [6.45, 7) is 0.243. The molecule has 7 nitrogen and oxygen atoms in total. The van der Waals surface area contributed by atoms with Crippen LogP contribution in [0.3, 0.4) is 0 Å². The van der Waals surface area contributed by atoms with E-state index in [1.54, 1.807) is 31.4 Å². The summed E-state index contributed by atoms with van der Waals surface area (Å²) in [7, 11) is 1.56. The first-order valence-electron chi connectivity index (χ1n) is 6.15. The Balaban J connectivity index is 2.15. The monoisotopic (exact) mass is 289 g/mol. The van der Waals surface area contributed by atoms with Crippen LogP contribution < -0.4 is 20.7 Å². The number of hydrogen-bond donors (Lipinski definition) is 2. The molecule has 0 fully saturated rings. The number of nitrogen functional groups attached to an aromatic ring is 1. The van der Waals surface area contributed by atoms with Crippen molar-refractivity contribution in [2.75, 3.05) is 12.5 Å². The van der Waals surface area contributed by atoms with Crippen LogP contribution in [0, 0.1) is 10.1 Å². The van der Waals surface area contributed by atoms with Crippen molar-refractivity contribution in [1.29, 1.82) is 0 Å². The van der Waals surface area contributed by atoms with Crippen LogP contribution in [-0.2, 0) is 6.61 Å². The Hall–Kier alpha value is -2.80. The van der Waals surface area contributed by atoms with Crippen molar-refractivity contribution >= 4 is 11.4 Å². The Morgan fingerprint density at radius 1 is 1.24 bits per heavy atom. The molecule has 0 saturated carbocycles. The molecule has 0 atom stereocenters. The number of anilines is 1. The van der Waals surface area contributed by atoms with E-state index in [0.29, 0.717) is 11.5 Å². The number of methoxy groups -OCH3 is 1. The fraction of sp³-hybridized carbons (Fsp3) is 0.143. The van der Waals surface area contributed by atoms with Gasteiger partial charge in [-0.1, -0.05) is 12.1 Å². The van der Waals surface area contributed by atoms with E-state index in [2.05, 4.69) is 5.43 Å². The van der Waals surface area contributed by atoms with Gasteiger partial charge in [-0.2, -0.15) is 0 Å². The van der Waals surface area contributed by atoms with Gasteiger partial charge in [0.2, 0.25) is 0 Å². The molecule has 0 aromatic heterocycles. The van der Waals surface area contributed by atoms with Gasteiger partial charge in [0.15, 0.2) is 11.5 Å². The SMILES string of the molecule is COc1ccccc1OCc1ccc([N+](=O)[O-])c(NN)c1. The van der Waals surface area contributed by atoms with Gasteiger partial charge < -0.3 is 14.9 Å². The molecule has 3 N–H and O–H groups in total. The lowest BCUT2D eigenvalue weighted by molar-refractivity contribution is -0.384. The van der Waals surface area contributed by atoms with E-state index in [-0.39, 0.29) is 18.0 Å². The van der Waals surface area contributed by atoms with Gasteiger partial charge in [0, 0.05) is 6.07 Å². The van der Waals surface area contributed by atoms with Crippen molar-refractivity contribution in [1.82, 2.24) is 0 Å². The van der Waals surface area contributed by atoms with Crippen molar-refractivity contribution < 1.29 is 14.4 Å². The zero-order chi connectivity index (χ0) is 15.2. The fourth-order valence-corrected chi connectivity index (χ4v) is 1.85. The lowest BCUT2D eigenvalue weighted by atomic mass is 10.2. The molecule has 21 heavy (non-hydrogen) atoms. The van der Waals surface area contributed by atoms with Crippen LogP contribution >= 0.6 is 0 Å². The minimum atomic E-state index is -0.500. The Kier molecular flexibility index (Phi) is 4.57. The van der Waals surface area contributed by atoms with Crippen molar-refractivity contribution in [2.24, 2.45) is 5.84 Å². The van der Waals surface area contributed by atoms with Gasteiger partial charge in [-0.25, -0.2) is 0 Å². The standard InChI is InChI=1S/C14H15N3O4/c1-20-13-4-2-3-5-14(13)21-9-10-6-7-12(17(18)19)11(8-10)16-15/h2-8,16H,9,15H2,1H3. The molecule has 0 saturated heterocycles. The third-order valence-corrected chi connectivity index (χ3v) is 2.88. The van der Waals surface area contributed by atoms with Gasteiger partial charge in [-0.15, -0.1) is 0 Å². The van der Waals surface area contributed by atoms with E-state index in [1.165, 1.54) is 6.07 Å². The van der Waals surface area contributed by atoms with Gasteiger partial charge >= 0.3 is 0 Å². The van der Waals surface area contributed by atoms with Crippen molar-refractivity contribution in [3.63, 3.8) is 0 Å². The highest BCUT2D eigenvalue weighted by atomic mass is 16.6. The Bertz CT molecular complexity index is 646. The third-order valence-electron chi connectivity index (χ3n) is 2.88. The van der Waals surface area contributed by atoms with Crippen LogP contribution in [0.4, 0.5) is 11.4 Å². The molecule has 0 radical (unpaired) electrons. The first kappa shape index (κ1) is 14.6. The van der Waals surface area contributed by atoms with E-state index >= 15 is 0 Å². The van der Waals surface area contributed by atoms with Crippen LogP contribution in [0.5, 0.6) is 11.5 Å².